The van der Waals surface area contributed by atoms with Crippen LogP contribution in [0.3, 0.4) is 0 Å². The summed E-state index contributed by atoms with van der Waals surface area (Å²) in [6.07, 6.45) is 2.02. The van der Waals surface area contributed by atoms with Crippen LogP contribution < -0.4 is 0 Å². The van der Waals surface area contributed by atoms with Gasteiger partial charge in [0.25, 0.3) is 0 Å². The van der Waals surface area contributed by atoms with Gasteiger partial charge in [0.2, 0.25) is 0 Å². The third-order valence-corrected chi connectivity index (χ3v) is 3.13. The molecule has 0 radical (unpaired) electrons. The fraction of sp³-hybridized carbons (Fsp3) is 0.500. The van der Waals surface area contributed by atoms with Crippen molar-refractivity contribution in [2.24, 2.45) is 5.92 Å². The van der Waals surface area contributed by atoms with Gasteiger partial charge < -0.3 is 0 Å². The van der Waals surface area contributed by atoms with Gasteiger partial charge in [-0.1, -0.05) is 26.8 Å². The summed E-state index contributed by atoms with van der Waals surface area (Å²) >= 11 is 0. The lowest BCUT2D eigenvalue weighted by molar-refractivity contribution is 0.536. The highest BCUT2D eigenvalue weighted by Gasteiger charge is 2.15. The highest BCUT2D eigenvalue weighted by molar-refractivity contribution is 5.49. The standard InChI is InChI=1S/C12H17N3/c1-8(2)9(3)11-6-5-7-15-10(4)13-14-12(11)15/h5-9H,1-4H3. The molecule has 80 valence electrons. The second-order valence-electron chi connectivity index (χ2n) is 4.44. The first-order chi connectivity index (χ1) is 7.11. The third kappa shape index (κ3) is 1.62. The summed E-state index contributed by atoms with van der Waals surface area (Å²) in [5.74, 6) is 2.08. The Kier molecular flexibility index (Phi) is 2.47. The van der Waals surface area contributed by atoms with Gasteiger partial charge in [-0.25, -0.2) is 0 Å². The maximum absolute atomic E-state index is 4.23. The summed E-state index contributed by atoms with van der Waals surface area (Å²) in [6, 6.07) is 4.21. The lowest BCUT2D eigenvalue weighted by Gasteiger charge is -2.16. The van der Waals surface area contributed by atoms with E-state index in [1.165, 1.54) is 5.56 Å². The summed E-state index contributed by atoms with van der Waals surface area (Å²) < 4.78 is 2.05. The molecule has 0 aromatic carbocycles. The minimum atomic E-state index is 0.511. The van der Waals surface area contributed by atoms with Crippen LogP contribution in [0.2, 0.25) is 0 Å². The van der Waals surface area contributed by atoms with Crippen LogP contribution in [0.25, 0.3) is 5.65 Å². The van der Waals surface area contributed by atoms with Crippen LogP contribution in [-0.4, -0.2) is 14.6 Å². The van der Waals surface area contributed by atoms with E-state index in [-0.39, 0.29) is 0 Å². The minimum Gasteiger partial charge on any atom is -0.286 e. The van der Waals surface area contributed by atoms with Crippen molar-refractivity contribution in [2.45, 2.75) is 33.6 Å². The van der Waals surface area contributed by atoms with E-state index < -0.39 is 0 Å². The molecule has 0 fully saturated rings. The van der Waals surface area contributed by atoms with Crippen molar-refractivity contribution in [1.82, 2.24) is 14.6 Å². The van der Waals surface area contributed by atoms with Gasteiger partial charge in [-0.15, -0.1) is 10.2 Å². The van der Waals surface area contributed by atoms with Crippen LogP contribution in [0.4, 0.5) is 0 Å². The number of pyridine rings is 1. The molecule has 2 heterocycles. The maximum Gasteiger partial charge on any atom is 0.164 e. The van der Waals surface area contributed by atoms with Crippen molar-refractivity contribution in [2.75, 3.05) is 0 Å². The summed E-state index contributed by atoms with van der Waals surface area (Å²) in [6.45, 7) is 8.68. The van der Waals surface area contributed by atoms with Gasteiger partial charge in [-0.3, -0.25) is 4.40 Å². The summed E-state index contributed by atoms with van der Waals surface area (Å²) in [5, 5.41) is 8.35. The van der Waals surface area contributed by atoms with Crippen LogP contribution in [-0.2, 0) is 0 Å². The fourth-order valence-corrected chi connectivity index (χ4v) is 1.77. The zero-order chi connectivity index (χ0) is 11.0. The first kappa shape index (κ1) is 10.1. The van der Waals surface area contributed by atoms with Gasteiger partial charge in [0.1, 0.15) is 5.82 Å². The number of fused-ring (bicyclic) bond motifs is 1. The predicted molar refractivity (Wildman–Crippen MR) is 61.0 cm³/mol. The first-order valence-electron chi connectivity index (χ1n) is 5.41. The second-order valence-corrected chi connectivity index (χ2v) is 4.44. The Morgan fingerprint density at radius 1 is 1.20 bits per heavy atom. The SMILES string of the molecule is Cc1nnc2c(C(C)C(C)C)cccn12. The van der Waals surface area contributed by atoms with E-state index in [1.54, 1.807) is 0 Å². The predicted octanol–water partition coefficient (Wildman–Crippen LogP) is 2.80. The number of nitrogens with zero attached hydrogens (tertiary/aromatic N) is 3. The maximum atomic E-state index is 4.23. The molecule has 0 spiro atoms. The molecule has 2 aromatic heterocycles. The van der Waals surface area contributed by atoms with Crippen LogP contribution >= 0.6 is 0 Å². The van der Waals surface area contributed by atoms with E-state index in [1.807, 2.05) is 17.5 Å². The zero-order valence-electron chi connectivity index (χ0n) is 9.73. The Bertz CT molecular complexity index is 471. The molecule has 3 nitrogen and oxygen atoms in total. The molecule has 0 saturated carbocycles. The quantitative estimate of drug-likeness (QED) is 0.751. The number of hydrogen-bond donors (Lipinski definition) is 0. The minimum absolute atomic E-state index is 0.511. The smallest absolute Gasteiger partial charge is 0.164 e. The van der Waals surface area contributed by atoms with E-state index in [0.29, 0.717) is 11.8 Å². The van der Waals surface area contributed by atoms with Crippen molar-refractivity contribution >= 4 is 5.65 Å². The van der Waals surface area contributed by atoms with E-state index in [0.717, 1.165) is 11.5 Å². The first-order valence-corrected chi connectivity index (χ1v) is 5.41. The lowest BCUT2D eigenvalue weighted by atomic mass is 9.91. The number of hydrogen-bond acceptors (Lipinski definition) is 2. The average Bonchev–Trinajstić information content (AvgIpc) is 2.59. The zero-order valence-corrected chi connectivity index (χ0v) is 9.73. The molecule has 0 saturated heterocycles. The molecule has 0 bridgehead atoms. The van der Waals surface area contributed by atoms with Crippen LogP contribution in [0, 0.1) is 12.8 Å². The molecule has 0 aliphatic carbocycles. The molecular weight excluding hydrogens is 186 g/mol. The van der Waals surface area contributed by atoms with E-state index >= 15 is 0 Å². The number of rotatable bonds is 2. The van der Waals surface area contributed by atoms with Crippen LogP contribution in [0.1, 0.15) is 38.1 Å². The monoisotopic (exact) mass is 203 g/mol. The van der Waals surface area contributed by atoms with E-state index in [4.69, 9.17) is 0 Å². The van der Waals surface area contributed by atoms with Gasteiger partial charge in [0.05, 0.1) is 0 Å². The van der Waals surface area contributed by atoms with Crippen molar-refractivity contribution in [3.63, 3.8) is 0 Å². The Labute approximate surface area is 90.1 Å². The molecule has 2 rings (SSSR count). The van der Waals surface area contributed by atoms with Gasteiger partial charge in [-0.2, -0.15) is 0 Å². The summed E-state index contributed by atoms with van der Waals surface area (Å²) in [4.78, 5) is 0. The molecule has 2 aromatic rings. The van der Waals surface area contributed by atoms with Gasteiger partial charge in [0, 0.05) is 11.8 Å². The molecule has 0 amide bonds. The third-order valence-electron chi connectivity index (χ3n) is 3.13. The number of aryl methyl sites for hydroxylation is 1. The Balaban J connectivity index is 2.61. The van der Waals surface area contributed by atoms with E-state index in [9.17, 15) is 0 Å². The molecule has 0 aliphatic heterocycles. The van der Waals surface area contributed by atoms with Gasteiger partial charge in [-0.05, 0) is 24.8 Å². The fourth-order valence-electron chi connectivity index (χ4n) is 1.77. The highest BCUT2D eigenvalue weighted by atomic mass is 15.2. The van der Waals surface area contributed by atoms with E-state index in [2.05, 4.69) is 43.1 Å². The largest absolute Gasteiger partial charge is 0.286 e. The second kappa shape index (κ2) is 3.65. The van der Waals surface area contributed by atoms with Crippen LogP contribution in [0.5, 0.6) is 0 Å². The molecule has 15 heavy (non-hydrogen) atoms. The lowest BCUT2D eigenvalue weighted by Crippen LogP contribution is -2.04. The van der Waals surface area contributed by atoms with Crippen molar-refractivity contribution in [1.29, 1.82) is 0 Å². The average molecular weight is 203 g/mol. The Morgan fingerprint density at radius 2 is 1.93 bits per heavy atom. The molecule has 1 unspecified atom stereocenters. The van der Waals surface area contributed by atoms with Crippen LogP contribution in [0.15, 0.2) is 18.3 Å². The normalized spacial score (nSPS) is 13.7. The topological polar surface area (TPSA) is 30.2 Å². The molecule has 0 aliphatic rings. The molecule has 0 N–H and O–H groups in total. The van der Waals surface area contributed by atoms with Gasteiger partial charge in [0.15, 0.2) is 5.65 Å². The Morgan fingerprint density at radius 3 is 2.60 bits per heavy atom. The van der Waals surface area contributed by atoms with Crippen molar-refractivity contribution in [3.8, 4) is 0 Å². The number of aromatic nitrogens is 3. The van der Waals surface area contributed by atoms with Gasteiger partial charge >= 0.3 is 0 Å². The molecule has 3 heteroatoms. The Hall–Kier alpha value is -1.38. The van der Waals surface area contributed by atoms with Crippen molar-refractivity contribution < 1.29 is 0 Å². The summed E-state index contributed by atoms with van der Waals surface area (Å²) in [5.41, 5.74) is 2.28. The molecular formula is C12H17N3. The summed E-state index contributed by atoms with van der Waals surface area (Å²) in [7, 11) is 0. The highest BCUT2D eigenvalue weighted by Crippen LogP contribution is 2.26. The molecule has 1 atom stereocenters. The van der Waals surface area contributed by atoms with Crippen molar-refractivity contribution in [3.05, 3.63) is 29.7 Å².